The van der Waals surface area contributed by atoms with Crippen molar-refractivity contribution >= 4 is 38.1 Å². The second-order valence-electron chi connectivity index (χ2n) is 11.4. The molecule has 5 rings (SSSR count). The molecule has 2 amide bonds. The number of nitrogens with zero attached hydrogens (tertiary/aromatic N) is 3. The summed E-state index contributed by atoms with van der Waals surface area (Å²) in [4.78, 5) is 15.3. The highest BCUT2D eigenvalue weighted by atomic mass is 32.2. The van der Waals surface area contributed by atoms with Gasteiger partial charge in [-0.25, -0.2) is 17.9 Å². The first kappa shape index (κ1) is 28.6. The fourth-order valence-corrected chi connectivity index (χ4v) is 6.07. The van der Waals surface area contributed by atoms with Gasteiger partial charge < -0.3 is 15.0 Å². The fourth-order valence-electron chi connectivity index (χ4n) is 4.79. The maximum Gasteiger partial charge on any atom is 0.324 e. The number of amides is 2. The van der Waals surface area contributed by atoms with Gasteiger partial charge in [0.1, 0.15) is 11.6 Å². The molecule has 0 bridgehead atoms. The molecule has 9 nitrogen and oxygen atoms in total. The van der Waals surface area contributed by atoms with Gasteiger partial charge in [-0.3, -0.25) is 5.32 Å². The number of carbonyl (C=O) groups excluding carboxylic acids is 1. The van der Waals surface area contributed by atoms with Crippen LogP contribution in [0.15, 0.2) is 72.8 Å². The van der Waals surface area contributed by atoms with Gasteiger partial charge in [-0.1, -0.05) is 63.2 Å². The second kappa shape index (κ2) is 11.9. The van der Waals surface area contributed by atoms with Gasteiger partial charge in [0.15, 0.2) is 9.84 Å². The molecule has 0 atom stereocenters. The molecule has 0 saturated carbocycles. The summed E-state index contributed by atoms with van der Waals surface area (Å²) < 4.78 is 31.0. The number of carbonyl (C=O) groups is 1. The molecule has 3 aromatic carbocycles. The van der Waals surface area contributed by atoms with Crippen molar-refractivity contribution in [3.8, 4) is 11.4 Å². The van der Waals surface area contributed by atoms with E-state index in [4.69, 9.17) is 9.84 Å². The minimum absolute atomic E-state index is 0.227. The van der Waals surface area contributed by atoms with E-state index in [0.29, 0.717) is 31.3 Å². The van der Waals surface area contributed by atoms with Crippen molar-refractivity contribution in [1.29, 1.82) is 0 Å². The Kier molecular flexibility index (Phi) is 8.32. The van der Waals surface area contributed by atoms with Gasteiger partial charge in [0.2, 0.25) is 0 Å². The first-order chi connectivity index (χ1) is 19.6. The van der Waals surface area contributed by atoms with Crippen molar-refractivity contribution in [3.63, 3.8) is 0 Å². The molecular formula is C31H37N5O4S. The number of rotatable bonds is 8. The van der Waals surface area contributed by atoms with E-state index in [2.05, 4.69) is 36.3 Å². The summed E-state index contributed by atoms with van der Waals surface area (Å²) in [5, 5.41) is 12.8. The molecule has 4 aromatic rings. The first-order valence-electron chi connectivity index (χ1n) is 13.9. The van der Waals surface area contributed by atoms with Crippen LogP contribution < -0.4 is 15.4 Å². The van der Waals surface area contributed by atoms with E-state index in [1.54, 1.807) is 4.68 Å². The van der Waals surface area contributed by atoms with Gasteiger partial charge in [-0.05, 0) is 30.0 Å². The van der Waals surface area contributed by atoms with Crippen LogP contribution in [0.5, 0.6) is 5.75 Å². The average molecular weight is 576 g/mol. The zero-order valence-corrected chi connectivity index (χ0v) is 24.6. The van der Waals surface area contributed by atoms with Crippen molar-refractivity contribution in [2.45, 2.75) is 32.6 Å². The van der Waals surface area contributed by atoms with Gasteiger partial charge in [-0.15, -0.1) is 0 Å². The van der Waals surface area contributed by atoms with Crippen LogP contribution in [0.4, 0.5) is 16.3 Å². The lowest BCUT2D eigenvalue weighted by molar-refractivity contribution is 0.246. The number of anilines is 2. The Morgan fingerprint density at radius 3 is 2.46 bits per heavy atom. The third-order valence-corrected chi connectivity index (χ3v) is 8.75. The number of sulfone groups is 1. The second-order valence-corrected chi connectivity index (χ2v) is 13.7. The summed E-state index contributed by atoms with van der Waals surface area (Å²) in [6, 6.07) is 22.9. The molecule has 0 aliphatic carbocycles. The van der Waals surface area contributed by atoms with Crippen molar-refractivity contribution in [3.05, 3.63) is 78.5 Å². The zero-order chi connectivity index (χ0) is 29.0. The summed E-state index contributed by atoms with van der Waals surface area (Å²) in [5.74, 6) is 1.70. The molecule has 0 spiro atoms. The lowest BCUT2D eigenvalue weighted by Gasteiger charge is -2.26. The highest BCUT2D eigenvalue weighted by Gasteiger charge is 2.23. The van der Waals surface area contributed by atoms with Gasteiger partial charge in [0, 0.05) is 42.6 Å². The fraction of sp³-hybridized carbons (Fsp3) is 0.355. The Bertz CT molecular complexity index is 1620. The molecule has 1 aliphatic heterocycles. The van der Waals surface area contributed by atoms with E-state index >= 15 is 0 Å². The van der Waals surface area contributed by atoms with Crippen molar-refractivity contribution in [2.75, 3.05) is 48.4 Å². The van der Waals surface area contributed by atoms with Crippen molar-refractivity contribution in [2.24, 2.45) is 0 Å². The maximum atomic E-state index is 13.2. The molecule has 1 aliphatic rings. The quantitative estimate of drug-likeness (QED) is 0.270. The Morgan fingerprint density at radius 1 is 0.951 bits per heavy atom. The third kappa shape index (κ3) is 7.25. The number of nitrogens with one attached hydrogen (secondary N) is 2. The predicted octanol–water partition coefficient (Wildman–Crippen LogP) is 5.47. The van der Waals surface area contributed by atoms with Gasteiger partial charge in [-0.2, -0.15) is 5.10 Å². The van der Waals surface area contributed by atoms with Crippen molar-refractivity contribution in [1.82, 2.24) is 14.7 Å². The molecule has 216 valence electrons. The molecule has 41 heavy (non-hydrogen) atoms. The molecule has 0 radical (unpaired) electrons. The number of ether oxygens (including phenoxy) is 1. The summed E-state index contributed by atoms with van der Waals surface area (Å²) >= 11 is 0. The standard InChI is InChI=1S/C31H37N5O4S/c1-31(2,3)28-22-29(33-30(37)32-27-14-6-10-23-9-4-5-13-26(23)27)36(34-28)24-11-7-12-25(21-24)40-18-8-15-35-16-19-41(38,39)20-17-35/h4-7,9-14,21-22H,8,15-20H2,1-3H3,(H2,32,33,37). The normalized spacial score (nSPS) is 15.5. The molecule has 2 N–H and O–H groups in total. The number of hydrogen-bond acceptors (Lipinski definition) is 6. The maximum absolute atomic E-state index is 13.2. The van der Waals surface area contributed by atoms with Crippen molar-refractivity contribution < 1.29 is 17.9 Å². The first-order valence-corrected chi connectivity index (χ1v) is 15.7. The van der Waals surface area contributed by atoms with Crippen LogP contribution in [0.25, 0.3) is 16.5 Å². The van der Waals surface area contributed by atoms with E-state index in [1.807, 2.05) is 72.8 Å². The average Bonchev–Trinajstić information content (AvgIpc) is 3.37. The minimum Gasteiger partial charge on any atom is -0.493 e. The number of urea groups is 1. The molecule has 2 heterocycles. The largest absolute Gasteiger partial charge is 0.493 e. The van der Waals surface area contributed by atoms with E-state index in [0.717, 1.165) is 40.8 Å². The van der Waals surface area contributed by atoms with Crippen LogP contribution in [0.1, 0.15) is 32.9 Å². The number of fused-ring (bicyclic) bond motifs is 1. The molecule has 1 saturated heterocycles. The van der Waals surface area contributed by atoms with Gasteiger partial charge >= 0.3 is 6.03 Å². The number of aromatic nitrogens is 2. The SMILES string of the molecule is CC(C)(C)c1cc(NC(=O)Nc2cccc3ccccc23)n(-c2cccc(OCCCN3CCS(=O)(=O)CC3)c2)n1. The van der Waals surface area contributed by atoms with Gasteiger partial charge in [0.25, 0.3) is 0 Å². The van der Waals surface area contributed by atoms with E-state index in [1.165, 1.54) is 0 Å². The van der Waals surface area contributed by atoms with Crippen LogP contribution in [0, 0.1) is 0 Å². The summed E-state index contributed by atoms with van der Waals surface area (Å²) in [5.41, 5.74) is 2.10. The summed E-state index contributed by atoms with van der Waals surface area (Å²) in [7, 11) is -2.88. The van der Waals surface area contributed by atoms with Crippen LogP contribution in [0.2, 0.25) is 0 Å². The smallest absolute Gasteiger partial charge is 0.324 e. The Labute approximate surface area is 241 Å². The van der Waals surface area contributed by atoms with E-state index < -0.39 is 9.84 Å². The Morgan fingerprint density at radius 2 is 1.68 bits per heavy atom. The third-order valence-electron chi connectivity index (χ3n) is 7.14. The highest BCUT2D eigenvalue weighted by molar-refractivity contribution is 7.91. The van der Waals surface area contributed by atoms with E-state index in [9.17, 15) is 13.2 Å². The summed E-state index contributed by atoms with van der Waals surface area (Å²) in [6.45, 7) is 8.71. The topological polar surface area (TPSA) is 106 Å². The van der Waals surface area contributed by atoms with Crippen LogP contribution in [-0.2, 0) is 15.3 Å². The lowest BCUT2D eigenvalue weighted by Crippen LogP contribution is -2.40. The number of hydrogen-bond donors (Lipinski definition) is 2. The summed E-state index contributed by atoms with van der Waals surface area (Å²) in [6.07, 6.45) is 0.793. The van der Waals surface area contributed by atoms with Crippen LogP contribution in [0.3, 0.4) is 0 Å². The predicted molar refractivity (Wildman–Crippen MR) is 164 cm³/mol. The number of benzene rings is 3. The molecule has 0 unspecified atom stereocenters. The molecule has 10 heteroatoms. The van der Waals surface area contributed by atoms with E-state index in [-0.39, 0.29) is 23.0 Å². The lowest BCUT2D eigenvalue weighted by atomic mass is 9.92. The highest BCUT2D eigenvalue weighted by Crippen LogP contribution is 2.28. The van der Waals surface area contributed by atoms with Crippen LogP contribution in [-0.4, -0.2) is 66.9 Å². The van der Waals surface area contributed by atoms with Gasteiger partial charge in [0.05, 0.1) is 35.2 Å². The Balaban J connectivity index is 1.28. The zero-order valence-electron chi connectivity index (χ0n) is 23.8. The van der Waals surface area contributed by atoms with Crippen LogP contribution >= 0.6 is 0 Å². The molecular weight excluding hydrogens is 538 g/mol. The molecule has 1 aromatic heterocycles. The Hall–Kier alpha value is -3.89. The molecule has 1 fully saturated rings. The minimum atomic E-state index is -2.88. The monoisotopic (exact) mass is 575 g/mol.